The largest absolute Gasteiger partial charge is 0.0807 e. The maximum atomic E-state index is 2.21. The van der Waals surface area contributed by atoms with Gasteiger partial charge in [-0.25, -0.2) is 0 Å². The van der Waals surface area contributed by atoms with Crippen LogP contribution in [0.4, 0.5) is 0 Å². The number of allylic oxidation sites excluding steroid dienone is 6. The van der Waals surface area contributed by atoms with Crippen LogP contribution < -0.4 is 0 Å². The zero-order valence-corrected chi connectivity index (χ0v) is 7.80. The van der Waals surface area contributed by atoms with E-state index in [9.17, 15) is 0 Å². The minimum Gasteiger partial charge on any atom is -0.0807 e. The summed E-state index contributed by atoms with van der Waals surface area (Å²) in [6, 6.07) is 0. The summed E-state index contributed by atoms with van der Waals surface area (Å²) in [5, 5.41) is 0. The minimum atomic E-state index is 1.08. The molecule has 0 aromatic carbocycles. The van der Waals surface area contributed by atoms with Gasteiger partial charge in [-0.3, -0.25) is 0 Å². The Balaban J connectivity index is 0.000000292. The van der Waals surface area contributed by atoms with Crippen LogP contribution in [0.25, 0.3) is 0 Å². The molecule has 1 rings (SSSR count). The molecule has 0 bridgehead atoms. The third-order valence-electron chi connectivity index (χ3n) is 1.18. The first-order valence-electron chi connectivity index (χ1n) is 4.31. The van der Waals surface area contributed by atoms with Crippen LogP contribution in [0.3, 0.4) is 0 Å². The molecule has 0 unspecified atom stereocenters. The fourth-order valence-corrected chi connectivity index (χ4v) is 0.686. The zero-order valence-electron chi connectivity index (χ0n) is 7.80. The number of rotatable bonds is 0. The van der Waals surface area contributed by atoms with Gasteiger partial charge in [-0.15, -0.1) is 0 Å². The lowest BCUT2D eigenvalue weighted by Crippen LogP contribution is -1.62. The lowest BCUT2D eigenvalue weighted by atomic mass is 10.2. The van der Waals surface area contributed by atoms with Crippen LogP contribution in [-0.4, -0.2) is 0 Å². The van der Waals surface area contributed by atoms with Crippen LogP contribution in [0.1, 0.15) is 33.6 Å². The van der Waals surface area contributed by atoms with E-state index in [2.05, 4.69) is 51.2 Å². The minimum absolute atomic E-state index is 1.08. The molecule has 0 aromatic rings. The van der Waals surface area contributed by atoms with Crippen molar-refractivity contribution in [2.45, 2.75) is 33.6 Å². The topological polar surface area (TPSA) is 0 Å². The molecular formula is C11H18. The lowest BCUT2D eigenvalue weighted by Gasteiger charge is -1.82. The molecule has 0 spiro atoms. The summed E-state index contributed by atoms with van der Waals surface area (Å²) in [7, 11) is 0. The van der Waals surface area contributed by atoms with Crippen molar-refractivity contribution in [3.05, 3.63) is 36.0 Å². The van der Waals surface area contributed by atoms with E-state index in [0.717, 1.165) is 6.42 Å². The van der Waals surface area contributed by atoms with Gasteiger partial charge in [0.25, 0.3) is 0 Å². The van der Waals surface area contributed by atoms with Gasteiger partial charge in [0.05, 0.1) is 0 Å². The first-order valence-corrected chi connectivity index (χ1v) is 4.31. The molecule has 0 heterocycles. The van der Waals surface area contributed by atoms with Gasteiger partial charge in [0.1, 0.15) is 0 Å². The van der Waals surface area contributed by atoms with Crippen molar-refractivity contribution in [2.24, 2.45) is 0 Å². The number of hydrogen-bond acceptors (Lipinski definition) is 0. The summed E-state index contributed by atoms with van der Waals surface area (Å²) < 4.78 is 0. The Morgan fingerprint density at radius 1 is 1.27 bits per heavy atom. The Morgan fingerprint density at radius 3 is 2.55 bits per heavy atom. The Morgan fingerprint density at radius 2 is 1.91 bits per heavy atom. The van der Waals surface area contributed by atoms with Gasteiger partial charge in [0, 0.05) is 0 Å². The second kappa shape index (κ2) is 7.33. The van der Waals surface area contributed by atoms with E-state index in [1.807, 2.05) is 0 Å². The van der Waals surface area contributed by atoms with E-state index < -0.39 is 0 Å². The van der Waals surface area contributed by atoms with Crippen molar-refractivity contribution in [1.82, 2.24) is 0 Å². The highest BCUT2D eigenvalue weighted by molar-refractivity contribution is 5.24. The van der Waals surface area contributed by atoms with Crippen LogP contribution in [0.15, 0.2) is 36.0 Å². The van der Waals surface area contributed by atoms with Crippen LogP contribution in [0.5, 0.6) is 0 Å². The standard InChI is InChI=1S/C8H10.C3H8/c1-8-6-4-2-3-5-7-8;1-3-2/h2-4,6-7H,5H2,1H3;3H2,1-2H3. The second-order valence-electron chi connectivity index (χ2n) is 2.68. The van der Waals surface area contributed by atoms with Gasteiger partial charge >= 0.3 is 0 Å². The molecule has 0 amide bonds. The first kappa shape index (κ1) is 10.2. The van der Waals surface area contributed by atoms with Crippen molar-refractivity contribution in [3.8, 4) is 0 Å². The van der Waals surface area contributed by atoms with Crippen LogP contribution in [0, 0.1) is 0 Å². The highest BCUT2D eigenvalue weighted by Crippen LogP contribution is 2.01. The van der Waals surface area contributed by atoms with Gasteiger partial charge in [-0.2, -0.15) is 0 Å². The smallest absolute Gasteiger partial charge is 0.0160 e. The molecule has 0 nitrogen and oxygen atoms in total. The Kier molecular flexibility index (Phi) is 6.81. The summed E-state index contributed by atoms with van der Waals surface area (Å²) in [5.74, 6) is 0. The quantitative estimate of drug-likeness (QED) is 0.492. The van der Waals surface area contributed by atoms with E-state index in [4.69, 9.17) is 0 Å². The summed E-state index contributed by atoms with van der Waals surface area (Å²) >= 11 is 0. The third-order valence-corrected chi connectivity index (χ3v) is 1.18. The fourth-order valence-electron chi connectivity index (χ4n) is 0.686. The van der Waals surface area contributed by atoms with Gasteiger partial charge in [-0.1, -0.05) is 56.2 Å². The molecular weight excluding hydrogens is 132 g/mol. The summed E-state index contributed by atoms with van der Waals surface area (Å²) in [6.45, 7) is 6.36. The van der Waals surface area contributed by atoms with E-state index in [0.29, 0.717) is 0 Å². The molecule has 0 radical (unpaired) electrons. The Bertz CT molecular complexity index is 156. The van der Waals surface area contributed by atoms with Crippen molar-refractivity contribution in [3.63, 3.8) is 0 Å². The second-order valence-corrected chi connectivity index (χ2v) is 2.68. The third kappa shape index (κ3) is 7.11. The van der Waals surface area contributed by atoms with Crippen molar-refractivity contribution in [2.75, 3.05) is 0 Å². The molecule has 0 atom stereocenters. The molecule has 0 saturated carbocycles. The molecule has 1 aliphatic carbocycles. The average Bonchev–Trinajstić information content (AvgIpc) is 2.18. The SMILES string of the molecule is CC1=CCC=CC=C1.CCC. The van der Waals surface area contributed by atoms with Crippen LogP contribution >= 0.6 is 0 Å². The van der Waals surface area contributed by atoms with Gasteiger partial charge in [0.15, 0.2) is 0 Å². The molecule has 11 heavy (non-hydrogen) atoms. The molecule has 0 saturated heterocycles. The van der Waals surface area contributed by atoms with Gasteiger partial charge < -0.3 is 0 Å². The van der Waals surface area contributed by atoms with Crippen LogP contribution in [-0.2, 0) is 0 Å². The maximum Gasteiger partial charge on any atom is -0.0160 e. The number of hydrogen-bond donors (Lipinski definition) is 0. The highest BCUT2D eigenvalue weighted by atomic mass is 13.9. The van der Waals surface area contributed by atoms with Crippen molar-refractivity contribution in [1.29, 1.82) is 0 Å². The molecule has 0 aliphatic heterocycles. The van der Waals surface area contributed by atoms with E-state index in [1.54, 1.807) is 0 Å². The Labute approximate surface area is 70.3 Å². The lowest BCUT2D eigenvalue weighted by molar-refractivity contribution is 1.09. The average molecular weight is 150 g/mol. The molecule has 0 fully saturated rings. The summed E-state index contributed by atoms with van der Waals surface area (Å²) in [4.78, 5) is 0. The van der Waals surface area contributed by atoms with Gasteiger partial charge in [-0.05, 0) is 13.3 Å². The molecule has 0 N–H and O–H groups in total. The predicted octanol–water partition coefficient (Wildman–Crippen LogP) is 3.87. The molecule has 62 valence electrons. The summed E-state index contributed by atoms with van der Waals surface area (Å²) in [6.07, 6.45) is 12.9. The first-order chi connectivity index (χ1) is 5.31. The molecule has 0 aromatic heterocycles. The normalized spacial score (nSPS) is 14.6. The van der Waals surface area contributed by atoms with Crippen LogP contribution in [0.2, 0.25) is 0 Å². The fraction of sp³-hybridized carbons (Fsp3) is 0.455. The van der Waals surface area contributed by atoms with Gasteiger partial charge in [0.2, 0.25) is 0 Å². The van der Waals surface area contributed by atoms with E-state index >= 15 is 0 Å². The van der Waals surface area contributed by atoms with E-state index in [-0.39, 0.29) is 0 Å². The van der Waals surface area contributed by atoms with Crippen molar-refractivity contribution < 1.29 is 0 Å². The Hall–Kier alpha value is -0.780. The van der Waals surface area contributed by atoms with E-state index in [1.165, 1.54) is 12.0 Å². The molecule has 0 heteroatoms. The monoisotopic (exact) mass is 150 g/mol. The predicted molar refractivity (Wildman–Crippen MR) is 52.6 cm³/mol. The molecule has 1 aliphatic rings. The summed E-state index contributed by atoms with van der Waals surface area (Å²) in [5.41, 5.74) is 1.36. The van der Waals surface area contributed by atoms with Crippen molar-refractivity contribution >= 4 is 0 Å². The highest BCUT2D eigenvalue weighted by Gasteiger charge is 1.81. The maximum absolute atomic E-state index is 2.21. The zero-order chi connectivity index (χ0) is 8.53.